The molecule has 5 atom stereocenters. The van der Waals surface area contributed by atoms with Crippen molar-refractivity contribution in [1.82, 2.24) is 4.72 Å². The van der Waals surface area contributed by atoms with Gasteiger partial charge in [-0.05, 0) is 79.5 Å². The van der Waals surface area contributed by atoms with Crippen molar-refractivity contribution in [2.45, 2.75) is 57.0 Å². The average molecular weight is 613 g/mol. The first-order valence-corrected chi connectivity index (χ1v) is 16.9. The monoisotopic (exact) mass is 612 g/mol. The van der Waals surface area contributed by atoms with E-state index in [0.29, 0.717) is 37.6 Å². The largest absolute Gasteiger partial charge is 0.490 e. The zero-order valence-electron chi connectivity index (χ0n) is 24.2. The number of carbonyl (C=O) groups is 1. The van der Waals surface area contributed by atoms with Crippen LogP contribution in [-0.2, 0) is 21.9 Å². The number of benzene rings is 2. The lowest BCUT2D eigenvalue weighted by Crippen LogP contribution is -2.49. The van der Waals surface area contributed by atoms with Crippen molar-refractivity contribution in [3.05, 3.63) is 83.4 Å². The normalized spacial score (nSPS) is 24.7. The molecule has 226 valence electrons. The fraction of sp³-hybridized carbons (Fsp3) is 0.485. The second kappa shape index (κ2) is 12.4. The Labute approximate surface area is 254 Å². The van der Waals surface area contributed by atoms with E-state index in [0.717, 1.165) is 32.1 Å². The number of carbonyl (C=O) groups excluding carboxylic acids is 1. The van der Waals surface area contributed by atoms with Crippen LogP contribution in [0.3, 0.4) is 0 Å². The number of ether oxygens (including phenoxy) is 1. The highest BCUT2D eigenvalue weighted by atomic mass is 35.5. The number of hydrogen-bond acceptors (Lipinski definition) is 6. The number of aryl methyl sites for hydroxylation is 1. The highest BCUT2D eigenvalue weighted by molar-refractivity contribution is 7.90. The number of nitrogens with one attached hydrogen (secondary N) is 1. The zero-order chi connectivity index (χ0) is 30.1. The van der Waals surface area contributed by atoms with E-state index in [9.17, 15) is 18.3 Å². The summed E-state index contributed by atoms with van der Waals surface area (Å²) in [6, 6.07) is 11.8. The van der Waals surface area contributed by atoms with E-state index in [1.165, 1.54) is 17.2 Å². The first-order chi connectivity index (χ1) is 20.1. The summed E-state index contributed by atoms with van der Waals surface area (Å²) in [5, 5.41) is 10.7. The molecule has 3 aliphatic rings. The predicted molar refractivity (Wildman–Crippen MR) is 168 cm³/mol. The first kappa shape index (κ1) is 30.6. The van der Waals surface area contributed by atoms with Gasteiger partial charge >= 0.3 is 0 Å². The number of nitrogens with zero attached hydrogens (tertiary/aromatic N) is 1. The molecule has 2 aromatic carbocycles. The SMILES string of the molecule is C=CC[C@@H](C)CS(=O)(=O)NC(=O)c1ccc2c(c1Cl)N(C[C@@H]1CC[C@H]1[C@H](O)C=C)C[C@@]1(CCCc3ccccc31)CO2. The molecule has 1 saturated carbocycles. The van der Waals surface area contributed by atoms with Crippen LogP contribution in [-0.4, -0.2) is 51.0 Å². The zero-order valence-corrected chi connectivity index (χ0v) is 25.8. The lowest BCUT2D eigenvalue weighted by molar-refractivity contribution is 0.0460. The molecule has 0 aromatic heterocycles. The Morgan fingerprint density at radius 1 is 1.26 bits per heavy atom. The number of sulfonamides is 1. The van der Waals surface area contributed by atoms with Gasteiger partial charge in [0.05, 0.1) is 34.7 Å². The number of allylic oxidation sites excluding steroid dienone is 1. The Kier molecular flexibility index (Phi) is 9.07. The maximum absolute atomic E-state index is 13.3. The van der Waals surface area contributed by atoms with Crippen LogP contribution in [0.4, 0.5) is 5.69 Å². The van der Waals surface area contributed by atoms with Crippen LogP contribution < -0.4 is 14.4 Å². The lowest BCUT2D eigenvalue weighted by Gasteiger charge is -2.45. The number of anilines is 1. The number of rotatable bonds is 10. The maximum Gasteiger partial charge on any atom is 0.266 e. The van der Waals surface area contributed by atoms with Crippen molar-refractivity contribution in [3.8, 4) is 5.75 Å². The molecule has 1 aliphatic heterocycles. The third-order valence-electron chi connectivity index (χ3n) is 9.26. The van der Waals surface area contributed by atoms with Crippen molar-refractivity contribution in [3.63, 3.8) is 0 Å². The minimum Gasteiger partial charge on any atom is -0.490 e. The van der Waals surface area contributed by atoms with E-state index < -0.39 is 22.0 Å². The summed E-state index contributed by atoms with van der Waals surface area (Å²) < 4.78 is 34.3. The number of aliphatic hydroxyl groups is 1. The van der Waals surface area contributed by atoms with Crippen molar-refractivity contribution < 1.29 is 23.1 Å². The van der Waals surface area contributed by atoms with Gasteiger partial charge in [-0.25, -0.2) is 13.1 Å². The molecular weight excluding hydrogens is 572 g/mol. The van der Waals surface area contributed by atoms with Gasteiger partial charge in [-0.2, -0.15) is 0 Å². The van der Waals surface area contributed by atoms with E-state index in [1.54, 1.807) is 25.1 Å². The van der Waals surface area contributed by atoms with Gasteiger partial charge in [0.2, 0.25) is 10.0 Å². The quantitative estimate of drug-likeness (QED) is 0.336. The van der Waals surface area contributed by atoms with E-state index in [2.05, 4.69) is 47.0 Å². The van der Waals surface area contributed by atoms with Gasteiger partial charge in [0.1, 0.15) is 5.75 Å². The van der Waals surface area contributed by atoms with Crippen molar-refractivity contribution in [2.24, 2.45) is 17.8 Å². The molecule has 1 spiro atoms. The van der Waals surface area contributed by atoms with Crippen molar-refractivity contribution in [2.75, 3.05) is 30.3 Å². The number of fused-ring (bicyclic) bond motifs is 3. The number of amides is 1. The van der Waals surface area contributed by atoms with E-state index >= 15 is 0 Å². The van der Waals surface area contributed by atoms with Crippen LogP contribution in [0.2, 0.25) is 5.02 Å². The summed E-state index contributed by atoms with van der Waals surface area (Å²) in [6.07, 6.45) is 8.09. The average Bonchev–Trinajstić information content (AvgIpc) is 3.08. The molecule has 1 heterocycles. The van der Waals surface area contributed by atoms with Gasteiger partial charge < -0.3 is 14.7 Å². The summed E-state index contributed by atoms with van der Waals surface area (Å²) in [6.45, 7) is 11.0. The molecule has 1 amide bonds. The van der Waals surface area contributed by atoms with Crippen LogP contribution in [0, 0.1) is 17.8 Å². The summed E-state index contributed by atoms with van der Waals surface area (Å²) in [5.74, 6) is -0.273. The highest BCUT2D eigenvalue weighted by Gasteiger charge is 2.44. The smallest absolute Gasteiger partial charge is 0.266 e. The van der Waals surface area contributed by atoms with Crippen LogP contribution in [0.15, 0.2) is 61.7 Å². The van der Waals surface area contributed by atoms with E-state index in [4.69, 9.17) is 16.3 Å². The van der Waals surface area contributed by atoms with Gasteiger partial charge in [0, 0.05) is 18.5 Å². The van der Waals surface area contributed by atoms with Crippen LogP contribution in [0.1, 0.15) is 60.5 Å². The van der Waals surface area contributed by atoms with Crippen molar-refractivity contribution in [1.29, 1.82) is 0 Å². The van der Waals surface area contributed by atoms with Gasteiger partial charge in [-0.15, -0.1) is 13.2 Å². The molecule has 1 fully saturated rings. The third kappa shape index (κ3) is 6.12. The van der Waals surface area contributed by atoms with Crippen LogP contribution >= 0.6 is 11.6 Å². The molecule has 0 bridgehead atoms. The van der Waals surface area contributed by atoms with Crippen molar-refractivity contribution >= 4 is 33.2 Å². The minimum atomic E-state index is -3.89. The number of halogens is 1. The predicted octanol–water partition coefficient (Wildman–Crippen LogP) is 5.66. The van der Waals surface area contributed by atoms with Gasteiger partial charge in [0.25, 0.3) is 5.91 Å². The van der Waals surface area contributed by atoms with E-state index in [1.807, 2.05) is 0 Å². The minimum absolute atomic E-state index is 0.0836. The second-order valence-corrected chi connectivity index (χ2v) is 14.4. The van der Waals surface area contributed by atoms with Gasteiger partial charge in [0.15, 0.2) is 0 Å². The molecule has 0 saturated heterocycles. The molecule has 2 aliphatic carbocycles. The first-order valence-electron chi connectivity index (χ1n) is 14.8. The van der Waals surface area contributed by atoms with Gasteiger partial charge in [-0.1, -0.05) is 54.9 Å². The standard InChI is InChI=1S/C33H41ClN2O5S/c1-4-9-22(3)19-42(39,40)35-32(38)26-15-16-29-31(30(26)34)36(18-24-13-14-25(24)28(37)5-2)20-33(21-41-29)17-8-11-23-10-6-7-12-27(23)33/h4-7,10,12,15-16,22,24-25,28,37H,1-2,8-9,11,13-14,17-21H2,3H3,(H,35,38)/t22-,24+,25-,28-,33+/m1/s1. The van der Waals surface area contributed by atoms with Gasteiger partial charge in [-0.3, -0.25) is 4.79 Å². The molecule has 2 N–H and O–H groups in total. The molecule has 7 nitrogen and oxygen atoms in total. The fourth-order valence-corrected chi connectivity index (χ4v) is 8.73. The summed E-state index contributed by atoms with van der Waals surface area (Å²) in [7, 11) is -3.89. The summed E-state index contributed by atoms with van der Waals surface area (Å²) in [5.41, 5.74) is 3.00. The van der Waals surface area contributed by atoms with Crippen LogP contribution in [0.25, 0.3) is 0 Å². The third-order valence-corrected chi connectivity index (χ3v) is 11.1. The Bertz CT molecular complexity index is 1460. The maximum atomic E-state index is 13.3. The number of aliphatic hydroxyl groups excluding tert-OH is 1. The molecule has 0 unspecified atom stereocenters. The Morgan fingerprint density at radius 2 is 2.05 bits per heavy atom. The second-order valence-electron chi connectivity index (χ2n) is 12.3. The molecule has 2 aromatic rings. The van der Waals surface area contributed by atoms with Crippen LogP contribution in [0.5, 0.6) is 5.75 Å². The molecular formula is C33H41ClN2O5S. The topological polar surface area (TPSA) is 95.9 Å². The Balaban J connectivity index is 1.51. The lowest BCUT2D eigenvalue weighted by atomic mass is 9.68. The summed E-state index contributed by atoms with van der Waals surface area (Å²) >= 11 is 7.02. The molecule has 9 heteroatoms. The summed E-state index contributed by atoms with van der Waals surface area (Å²) in [4.78, 5) is 15.5. The number of hydrogen-bond donors (Lipinski definition) is 2. The molecule has 0 radical (unpaired) electrons. The Morgan fingerprint density at radius 3 is 2.76 bits per heavy atom. The Hall–Kier alpha value is -2.81. The molecule has 5 rings (SSSR count). The molecule has 42 heavy (non-hydrogen) atoms. The van der Waals surface area contributed by atoms with E-state index in [-0.39, 0.29) is 39.5 Å². The highest BCUT2D eigenvalue weighted by Crippen LogP contribution is 2.48. The fourth-order valence-electron chi connectivity index (χ4n) is 7.01.